The Morgan fingerprint density at radius 3 is 2.48 bits per heavy atom. The number of carbonyl (C=O) groups excluding carboxylic acids is 2. The quantitative estimate of drug-likeness (QED) is 0.748. The molecule has 1 heterocycles. The molecule has 2 amide bonds. The van der Waals surface area contributed by atoms with Gasteiger partial charge in [0.15, 0.2) is 0 Å². The summed E-state index contributed by atoms with van der Waals surface area (Å²) in [5.74, 6) is -0.139. The Labute approximate surface area is 156 Å². The molecule has 1 unspecified atom stereocenters. The van der Waals surface area contributed by atoms with Gasteiger partial charge in [0.25, 0.3) is 0 Å². The normalized spacial score (nSPS) is 17.6. The molecule has 0 bridgehead atoms. The molecule has 0 radical (unpaired) electrons. The van der Waals surface area contributed by atoms with E-state index < -0.39 is 12.8 Å². The Kier molecular flexibility index (Phi) is 7.24. The van der Waals surface area contributed by atoms with Gasteiger partial charge in [-0.25, -0.2) is 0 Å². The number of amides is 2. The van der Waals surface area contributed by atoms with Crippen LogP contribution in [0.4, 0.5) is 13.2 Å². The van der Waals surface area contributed by atoms with Crippen LogP contribution in [0.2, 0.25) is 0 Å². The summed E-state index contributed by atoms with van der Waals surface area (Å²) in [4.78, 5) is 26.0. The first kappa shape index (κ1) is 21.2. The third kappa shape index (κ3) is 7.21. The molecule has 1 fully saturated rings. The molecular weight excluding hydrogens is 361 g/mol. The summed E-state index contributed by atoms with van der Waals surface area (Å²) < 4.78 is 40.7. The van der Waals surface area contributed by atoms with Crippen molar-refractivity contribution in [2.24, 2.45) is 11.8 Å². The van der Waals surface area contributed by atoms with Gasteiger partial charge in [-0.3, -0.25) is 9.59 Å². The Hall–Kier alpha value is -2.09. The second kappa shape index (κ2) is 9.21. The van der Waals surface area contributed by atoms with Crippen molar-refractivity contribution in [3.05, 3.63) is 35.4 Å². The average molecular weight is 386 g/mol. The molecule has 1 aliphatic rings. The van der Waals surface area contributed by atoms with Gasteiger partial charge in [0, 0.05) is 26.1 Å². The number of hydrogen-bond acceptors (Lipinski definition) is 3. The van der Waals surface area contributed by atoms with Gasteiger partial charge >= 0.3 is 6.18 Å². The zero-order chi connectivity index (χ0) is 20.0. The Morgan fingerprint density at radius 2 is 1.89 bits per heavy atom. The highest BCUT2D eigenvalue weighted by Crippen LogP contribution is 2.19. The number of ether oxygens (including phenoxy) is 1. The maximum atomic E-state index is 12.3. The first-order valence-corrected chi connectivity index (χ1v) is 8.92. The van der Waals surface area contributed by atoms with E-state index in [9.17, 15) is 22.8 Å². The van der Waals surface area contributed by atoms with Crippen LogP contribution in [0.1, 0.15) is 31.4 Å². The van der Waals surface area contributed by atoms with Crippen molar-refractivity contribution < 1.29 is 27.5 Å². The standard InChI is InChI=1S/C19H25F3N2O3/c1-13(2)9-24-10-16(7-17(24)25)18(26)23-8-14-3-5-15(6-4-14)11-27-12-19(20,21)22/h3-6,13,16H,7-12H2,1-2H3,(H,23,26). The third-order valence-corrected chi connectivity index (χ3v) is 4.19. The minimum atomic E-state index is -4.34. The Morgan fingerprint density at radius 1 is 1.26 bits per heavy atom. The number of hydrogen-bond donors (Lipinski definition) is 1. The summed E-state index contributed by atoms with van der Waals surface area (Å²) in [7, 11) is 0. The summed E-state index contributed by atoms with van der Waals surface area (Å²) in [6.07, 6.45) is -4.11. The fourth-order valence-corrected chi connectivity index (χ4v) is 2.94. The van der Waals surface area contributed by atoms with Gasteiger partial charge in [-0.1, -0.05) is 38.1 Å². The fourth-order valence-electron chi connectivity index (χ4n) is 2.94. The molecule has 5 nitrogen and oxygen atoms in total. The van der Waals surface area contributed by atoms with E-state index in [-0.39, 0.29) is 30.8 Å². The van der Waals surface area contributed by atoms with E-state index in [4.69, 9.17) is 0 Å². The highest BCUT2D eigenvalue weighted by Gasteiger charge is 2.34. The van der Waals surface area contributed by atoms with Gasteiger partial charge in [-0.05, 0) is 17.0 Å². The molecule has 8 heteroatoms. The molecule has 0 aliphatic carbocycles. The lowest BCUT2D eigenvalue weighted by atomic mass is 10.1. The number of rotatable bonds is 8. The summed E-state index contributed by atoms with van der Waals surface area (Å²) in [5.41, 5.74) is 1.45. The number of nitrogens with one attached hydrogen (secondary N) is 1. The smallest absolute Gasteiger partial charge is 0.367 e. The molecule has 1 aromatic rings. The van der Waals surface area contributed by atoms with Gasteiger partial charge in [0.2, 0.25) is 11.8 Å². The molecule has 150 valence electrons. The van der Waals surface area contributed by atoms with Crippen LogP contribution in [-0.4, -0.2) is 42.6 Å². The van der Waals surface area contributed by atoms with Gasteiger partial charge in [-0.2, -0.15) is 13.2 Å². The van der Waals surface area contributed by atoms with Crippen LogP contribution in [0, 0.1) is 11.8 Å². The Balaban J connectivity index is 1.76. The number of nitrogens with zero attached hydrogens (tertiary/aromatic N) is 1. The highest BCUT2D eigenvalue weighted by atomic mass is 19.4. The average Bonchev–Trinajstić information content (AvgIpc) is 2.93. The fraction of sp³-hybridized carbons (Fsp3) is 0.579. The van der Waals surface area contributed by atoms with Crippen molar-refractivity contribution in [3.8, 4) is 0 Å². The molecule has 1 saturated heterocycles. The molecular formula is C19H25F3N2O3. The van der Waals surface area contributed by atoms with Crippen LogP contribution < -0.4 is 5.32 Å². The second-order valence-corrected chi connectivity index (χ2v) is 7.24. The zero-order valence-corrected chi connectivity index (χ0v) is 15.5. The molecule has 0 spiro atoms. The van der Waals surface area contributed by atoms with E-state index in [1.54, 1.807) is 29.2 Å². The van der Waals surface area contributed by atoms with Crippen LogP contribution in [-0.2, 0) is 27.5 Å². The van der Waals surface area contributed by atoms with Crippen molar-refractivity contribution in [3.63, 3.8) is 0 Å². The third-order valence-electron chi connectivity index (χ3n) is 4.19. The zero-order valence-electron chi connectivity index (χ0n) is 15.5. The lowest BCUT2D eigenvalue weighted by Gasteiger charge is -2.18. The van der Waals surface area contributed by atoms with E-state index in [0.717, 1.165) is 5.56 Å². The molecule has 1 aromatic carbocycles. The van der Waals surface area contributed by atoms with Crippen molar-refractivity contribution in [2.45, 2.75) is 39.6 Å². The first-order valence-electron chi connectivity index (χ1n) is 8.92. The number of likely N-dealkylation sites (tertiary alicyclic amines) is 1. The van der Waals surface area contributed by atoms with E-state index in [0.29, 0.717) is 31.1 Å². The monoisotopic (exact) mass is 386 g/mol. The van der Waals surface area contributed by atoms with Gasteiger partial charge < -0.3 is 15.0 Å². The summed E-state index contributed by atoms with van der Waals surface area (Å²) >= 11 is 0. The van der Waals surface area contributed by atoms with Crippen LogP contribution in [0.25, 0.3) is 0 Å². The van der Waals surface area contributed by atoms with Crippen molar-refractivity contribution >= 4 is 11.8 Å². The van der Waals surface area contributed by atoms with E-state index >= 15 is 0 Å². The number of alkyl halides is 3. The molecule has 1 atom stereocenters. The van der Waals surface area contributed by atoms with Gasteiger partial charge in [0.1, 0.15) is 6.61 Å². The van der Waals surface area contributed by atoms with Crippen LogP contribution >= 0.6 is 0 Å². The van der Waals surface area contributed by atoms with Gasteiger partial charge in [-0.15, -0.1) is 0 Å². The maximum absolute atomic E-state index is 12.3. The summed E-state index contributed by atoms with van der Waals surface area (Å²) in [6, 6.07) is 6.80. The van der Waals surface area contributed by atoms with Crippen molar-refractivity contribution in [1.29, 1.82) is 0 Å². The van der Waals surface area contributed by atoms with E-state index in [1.807, 2.05) is 13.8 Å². The number of benzene rings is 1. The molecule has 1 aliphatic heterocycles. The highest BCUT2D eigenvalue weighted by molar-refractivity contribution is 5.89. The van der Waals surface area contributed by atoms with Crippen LogP contribution in [0.15, 0.2) is 24.3 Å². The maximum Gasteiger partial charge on any atom is 0.411 e. The number of carbonyl (C=O) groups is 2. The predicted octanol–water partition coefficient (Wildman–Crippen LogP) is 2.89. The topological polar surface area (TPSA) is 58.6 Å². The summed E-state index contributed by atoms with van der Waals surface area (Å²) in [5, 5.41) is 2.82. The minimum absolute atomic E-state index is 0.00654. The summed E-state index contributed by atoms with van der Waals surface area (Å²) in [6.45, 7) is 4.05. The van der Waals surface area contributed by atoms with E-state index in [2.05, 4.69) is 10.1 Å². The molecule has 0 aromatic heterocycles. The van der Waals surface area contributed by atoms with E-state index in [1.165, 1.54) is 0 Å². The van der Waals surface area contributed by atoms with Gasteiger partial charge in [0.05, 0.1) is 12.5 Å². The second-order valence-electron chi connectivity index (χ2n) is 7.24. The lowest BCUT2D eigenvalue weighted by molar-refractivity contribution is -0.176. The first-order chi connectivity index (χ1) is 12.6. The lowest BCUT2D eigenvalue weighted by Crippen LogP contribution is -2.33. The molecule has 1 N–H and O–H groups in total. The molecule has 0 saturated carbocycles. The number of halogens is 3. The molecule has 2 rings (SSSR count). The van der Waals surface area contributed by atoms with Crippen LogP contribution in [0.3, 0.4) is 0 Å². The van der Waals surface area contributed by atoms with Crippen LogP contribution in [0.5, 0.6) is 0 Å². The van der Waals surface area contributed by atoms with Crippen molar-refractivity contribution in [2.75, 3.05) is 19.7 Å². The Bertz CT molecular complexity index is 645. The predicted molar refractivity (Wildman–Crippen MR) is 93.5 cm³/mol. The largest absolute Gasteiger partial charge is 0.411 e. The van der Waals surface area contributed by atoms with Crippen molar-refractivity contribution in [1.82, 2.24) is 10.2 Å². The SMILES string of the molecule is CC(C)CN1CC(C(=O)NCc2ccc(COCC(F)(F)F)cc2)CC1=O. The molecule has 27 heavy (non-hydrogen) atoms. The minimum Gasteiger partial charge on any atom is -0.367 e.